The first-order valence-corrected chi connectivity index (χ1v) is 10.0. The molecule has 0 fully saturated rings. The summed E-state index contributed by atoms with van der Waals surface area (Å²) in [6, 6.07) is 19.6. The molecule has 0 atom stereocenters. The van der Waals surface area contributed by atoms with Crippen LogP contribution < -0.4 is 15.4 Å². The molecule has 8 heteroatoms. The summed E-state index contributed by atoms with van der Waals surface area (Å²) in [5.41, 5.74) is 2.40. The molecule has 1 aromatic heterocycles. The lowest BCUT2D eigenvalue weighted by molar-refractivity contribution is 0.102. The van der Waals surface area contributed by atoms with Crippen molar-refractivity contribution in [2.45, 2.75) is 0 Å². The van der Waals surface area contributed by atoms with Gasteiger partial charge in [0.25, 0.3) is 5.91 Å². The van der Waals surface area contributed by atoms with Crippen LogP contribution in [0, 0.1) is 5.82 Å². The summed E-state index contributed by atoms with van der Waals surface area (Å²) in [5.74, 6) is 0.946. The van der Waals surface area contributed by atoms with Crippen molar-refractivity contribution in [1.29, 1.82) is 0 Å². The van der Waals surface area contributed by atoms with Gasteiger partial charge in [0.15, 0.2) is 5.82 Å². The van der Waals surface area contributed by atoms with E-state index in [0.29, 0.717) is 39.2 Å². The average molecular weight is 449 g/mol. The Labute approximate surface area is 189 Å². The van der Waals surface area contributed by atoms with Crippen molar-refractivity contribution in [3.05, 3.63) is 95.4 Å². The third-order valence-electron chi connectivity index (χ3n) is 4.59. The predicted molar refractivity (Wildman–Crippen MR) is 123 cm³/mol. The maximum absolute atomic E-state index is 13.1. The minimum Gasteiger partial charge on any atom is -0.495 e. The van der Waals surface area contributed by atoms with Crippen molar-refractivity contribution in [2.75, 3.05) is 17.7 Å². The lowest BCUT2D eigenvalue weighted by Crippen LogP contribution is -2.12. The molecule has 1 heterocycles. The fourth-order valence-corrected chi connectivity index (χ4v) is 3.16. The molecule has 4 rings (SSSR count). The maximum Gasteiger partial charge on any atom is 0.255 e. The normalized spacial score (nSPS) is 10.5. The van der Waals surface area contributed by atoms with Crippen molar-refractivity contribution >= 4 is 34.7 Å². The molecule has 0 saturated carbocycles. The predicted octanol–water partition coefficient (Wildman–Crippen LogP) is 5.94. The van der Waals surface area contributed by atoms with Crippen LogP contribution in [0.25, 0.3) is 11.4 Å². The van der Waals surface area contributed by atoms with Crippen LogP contribution in [-0.2, 0) is 0 Å². The van der Waals surface area contributed by atoms with Gasteiger partial charge in [-0.15, -0.1) is 0 Å². The van der Waals surface area contributed by atoms with Gasteiger partial charge in [-0.3, -0.25) is 4.79 Å². The Morgan fingerprint density at radius 3 is 2.47 bits per heavy atom. The van der Waals surface area contributed by atoms with Gasteiger partial charge in [-0.1, -0.05) is 11.6 Å². The number of benzene rings is 3. The van der Waals surface area contributed by atoms with E-state index in [2.05, 4.69) is 20.6 Å². The molecule has 0 radical (unpaired) electrons. The van der Waals surface area contributed by atoms with Gasteiger partial charge in [-0.2, -0.15) is 0 Å². The lowest BCUT2D eigenvalue weighted by atomic mass is 10.2. The van der Waals surface area contributed by atoms with Crippen LogP contribution in [0.2, 0.25) is 5.02 Å². The Hall–Kier alpha value is -3.97. The number of nitrogens with one attached hydrogen (secondary N) is 2. The van der Waals surface area contributed by atoms with E-state index in [1.807, 2.05) is 0 Å². The highest BCUT2D eigenvalue weighted by atomic mass is 35.5. The van der Waals surface area contributed by atoms with Gasteiger partial charge in [0.2, 0.25) is 0 Å². The van der Waals surface area contributed by atoms with E-state index in [0.717, 1.165) is 5.69 Å². The summed E-state index contributed by atoms with van der Waals surface area (Å²) in [6.07, 6.45) is 1.62. The average Bonchev–Trinajstić information content (AvgIpc) is 2.80. The molecule has 0 aliphatic heterocycles. The molecule has 0 bridgehead atoms. The van der Waals surface area contributed by atoms with Crippen molar-refractivity contribution in [1.82, 2.24) is 9.97 Å². The van der Waals surface area contributed by atoms with Crippen molar-refractivity contribution in [2.24, 2.45) is 0 Å². The van der Waals surface area contributed by atoms with E-state index in [1.54, 1.807) is 66.9 Å². The van der Waals surface area contributed by atoms with Gasteiger partial charge in [0.05, 0.1) is 12.8 Å². The number of hydrogen-bond donors (Lipinski definition) is 2. The molecule has 0 spiro atoms. The zero-order valence-electron chi connectivity index (χ0n) is 17.0. The summed E-state index contributed by atoms with van der Waals surface area (Å²) >= 11 is 6.02. The van der Waals surface area contributed by atoms with E-state index in [1.165, 1.54) is 19.2 Å². The number of anilines is 3. The van der Waals surface area contributed by atoms with Gasteiger partial charge in [-0.05, 0) is 72.8 Å². The second-order valence-corrected chi connectivity index (χ2v) is 7.21. The van der Waals surface area contributed by atoms with E-state index < -0.39 is 0 Å². The van der Waals surface area contributed by atoms with Crippen LogP contribution in [0.1, 0.15) is 10.4 Å². The number of rotatable bonds is 6. The number of carbonyl (C=O) groups excluding carboxylic acids is 1. The molecule has 0 aliphatic rings. The summed E-state index contributed by atoms with van der Waals surface area (Å²) < 4.78 is 18.4. The molecule has 0 unspecified atom stereocenters. The van der Waals surface area contributed by atoms with Crippen LogP contribution in [0.15, 0.2) is 79.0 Å². The van der Waals surface area contributed by atoms with E-state index in [4.69, 9.17) is 16.3 Å². The van der Waals surface area contributed by atoms with Crippen LogP contribution in [0.3, 0.4) is 0 Å². The minimum atomic E-state index is -0.319. The molecule has 0 aliphatic carbocycles. The molecule has 160 valence electrons. The quantitative estimate of drug-likeness (QED) is 0.381. The van der Waals surface area contributed by atoms with Gasteiger partial charge >= 0.3 is 0 Å². The van der Waals surface area contributed by atoms with E-state index in [-0.39, 0.29) is 11.7 Å². The minimum absolute atomic E-state index is 0.294. The van der Waals surface area contributed by atoms with Gasteiger partial charge in [-0.25, -0.2) is 14.4 Å². The summed E-state index contributed by atoms with van der Waals surface area (Å²) in [7, 11) is 1.52. The Morgan fingerprint density at radius 2 is 1.75 bits per heavy atom. The highest BCUT2D eigenvalue weighted by Crippen LogP contribution is 2.28. The smallest absolute Gasteiger partial charge is 0.255 e. The third-order valence-corrected chi connectivity index (χ3v) is 4.82. The number of nitrogens with zero attached hydrogens (tertiary/aromatic N) is 2. The van der Waals surface area contributed by atoms with Crippen molar-refractivity contribution < 1.29 is 13.9 Å². The first-order valence-electron chi connectivity index (χ1n) is 9.63. The summed E-state index contributed by atoms with van der Waals surface area (Å²) in [4.78, 5) is 21.3. The zero-order chi connectivity index (χ0) is 22.5. The Balaban J connectivity index is 1.46. The third kappa shape index (κ3) is 5.01. The fourth-order valence-electron chi connectivity index (χ4n) is 2.99. The Kier molecular flexibility index (Phi) is 6.28. The van der Waals surface area contributed by atoms with Crippen LogP contribution in [0.4, 0.5) is 21.6 Å². The number of carbonyl (C=O) groups is 1. The van der Waals surface area contributed by atoms with Gasteiger partial charge in [0.1, 0.15) is 17.4 Å². The number of amides is 1. The highest BCUT2D eigenvalue weighted by molar-refractivity contribution is 6.31. The second-order valence-electron chi connectivity index (χ2n) is 6.77. The lowest BCUT2D eigenvalue weighted by Gasteiger charge is -2.11. The standard InChI is InChI=1S/C24H18ClFN4O2/c1-32-21-11-6-17(25)14-20(21)29-24(31)16-4-9-19(10-5-16)28-22-12-13-27-23(30-22)15-2-7-18(26)8-3-15/h2-14H,1H3,(H,29,31)(H,27,28,30). The Morgan fingerprint density at radius 1 is 1.00 bits per heavy atom. The molecular formula is C24H18ClFN4O2. The topological polar surface area (TPSA) is 76.1 Å². The number of hydrogen-bond acceptors (Lipinski definition) is 5. The van der Waals surface area contributed by atoms with Crippen molar-refractivity contribution in [3.8, 4) is 17.1 Å². The van der Waals surface area contributed by atoms with Gasteiger partial charge < -0.3 is 15.4 Å². The number of methoxy groups -OCH3 is 1. The Bertz CT molecular complexity index is 1250. The van der Waals surface area contributed by atoms with E-state index in [9.17, 15) is 9.18 Å². The van der Waals surface area contributed by atoms with Crippen LogP contribution in [0.5, 0.6) is 5.75 Å². The molecular weight excluding hydrogens is 431 g/mol. The molecule has 2 N–H and O–H groups in total. The number of halogens is 2. The van der Waals surface area contributed by atoms with E-state index >= 15 is 0 Å². The largest absolute Gasteiger partial charge is 0.495 e. The molecule has 4 aromatic rings. The summed E-state index contributed by atoms with van der Waals surface area (Å²) in [5, 5.41) is 6.47. The van der Waals surface area contributed by atoms with Crippen LogP contribution in [-0.4, -0.2) is 23.0 Å². The number of aromatic nitrogens is 2. The molecule has 32 heavy (non-hydrogen) atoms. The molecule has 6 nitrogen and oxygen atoms in total. The second kappa shape index (κ2) is 9.45. The highest BCUT2D eigenvalue weighted by Gasteiger charge is 2.11. The zero-order valence-corrected chi connectivity index (χ0v) is 17.7. The maximum atomic E-state index is 13.1. The van der Waals surface area contributed by atoms with Gasteiger partial charge in [0, 0.05) is 28.0 Å². The van der Waals surface area contributed by atoms with Crippen LogP contribution >= 0.6 is 11.6 Å². The molecule has 3 aromatic carbocycles. The fraction of sp³-hybridized carbons (Fsp3) is 0.0417. The monoisotopic (exact) mass is 448 g/mol. The molecule has 1 amide bonds. The van der Waals surface area contributed by atoms with Crippen molar-refractivity contribution in [3.63, 3.8) is 0 Å². The first kappa shape index (κ1) is 21.3. The molecule has 0 saturated heterocycles. The number of ether oxygens (including phenoxy) is 1. The SMILES string of the molecule is COc1ccc(Cl)cc1NC(=O)c1ccc(Nc2ccnc(-c3ccc(F)cc3)n2)cc1. The first-order chi connectivity index (χ1) is 15.5. The summed E-state index contributed by atoms with van der Waals surface area (Å²) in [6.45, 7) is 0.